The van der Waals surface area contributed by atoms with E-state index >= 15 is 0 Å². The van der Waals surface area contributed by atoms with Gasteiger partial charge in [-0.2, -0.15) is 0 Å². The Balaban J connectivity index is 0.00000392. The number of nitrogens with zero attached hydrogens (tertiary/aromatic N) is 2. The molecule has 2 rings (SSSR count). The number of hydrogen-bond donors (Lipinski definition) is 2. The van der Waals surface area contributed by atoms with Crippen molar-refractivity contribution in [2.75, 3.05) is 38.1 Å². The number of carbonyl (C=O) groups is 2. The van der Waals surface area contributed by atoms with Crippen molar-refractivity contribution in [2.24, 2.45) is 5.73 Å². The molecule has 1 fully saturated rings. The van der Waals surface area contributed by atoms with E-state index in [9.17, 15) is 9.59 Å². The van der Waals surface area contributed by atoms with Gasteiger partial charge in [0.05, 0.1) is 0 Å². The first-order valence-corrected chi connectivity index (χ1v) is 10.2. The molecule has 1 heterocycles. The second kappa shape index (κ2) is 14.5. The molecule has 0 aromatic heterocycles. The molecule has 0 spiro atoms. The smallest absolute Gasteiger partial charge is 0.254 e. The van der Waals surface area contributed by atoms with E-state index in [4.69, 9.17) is 5.73 Å². The topological polar surface area (TPSA) is 78.7 Å². The Morgan fingerprint density at radius 3 is 2.52 bits per heavy atom. The van der Waals surface area contributed by atoms with Crippen LogP contribution >= 0.6 is 24.8 Å². The molecule has 1 aliphatic rings. The molecule has 0 bridgehead atoms. The Kier molecular flexibility index (Phi) is 13.7. The molecule has 1 aliphatic heterocycles. The van der Waals surface area contributed by atoms with Crippen molar-refractivity contribution in [3.8, 4) is 0 Å². The first-order chi connectivity index (χ1) is 13.1. The van der Waals surface area contributed by atoms with Crippen LogP contribution in [0, 0.1) is 0 Å². The van der Waals surface area contributed by atoms with Crippen LogP contribution in [-0.2, 0) is 4.79 Å². The monoisotopic (exact) mass is 446 g/mol. The fourth-order valence-corrected chi connectivity index (χ4v) is 3.48. The van der Waals surface area contributed by atoms with Crippen molar-refractivity contribution in [1.82, 2.24) is 10.2 Å². The summed E-state index contributed by atoms with van der Waals surface area (Å²) in [5, 5.41) is 2.91. The Morgan fingerprint density at radius 2 is 1.90 bits per heavy atom. The highest BCUT2D eigenvalue weighted by Gasteiger charge is 2.27. The predicted octanol–water partition coefficient (Wildman–Crippen LogP) is 3.23. The Bertz CT molecular complexity index is 613. The molecule has 1 aromatic carbocycles. The summed E-state index contributed by atoms with van der Waals surface area (Å²) in [5.74, 6) is 0.00507. The Labute approximate surface area is 187 Å². The molecule has 8 heteroatoms. The summed E-state index contributed by atoms with van der Waals surface area (Å²) in [6.45, 7) is 4.79. The standard InChI is InChI=1S/C21H34N4O2.2ClH/c1-3-4-14-24(2)18-10-8-17(9-11-18)21(27)25-15-6-5-7-19(25)16-23-20(26)12-13-22;;/h8-11,19H,3-7,12-16,22H2,1-2H3,(H,23,26);2*1H. The van der Waals surface area contributed by atoms with Crippen molar-refractivity contribution in [1.29, 1.82) is 0 Å². The molecule has 3 N–H and O–H groups in total. The fourth-order valence-electron chi connectivity index (χ4n) is 3.48. The van der Waals surface area contributed by atoms with E-state index in [1.807, 2.05) is 29.2 Å². The molecular formula is C21H36Cl2N4O2. The molecule has 1 atom stereocenters. The summed E-state index contributed by atoms with van der Waals surface area (Å²) in [7, 11) is 2.08. The van der Waals surface area contributed by atoms with Gasteiger partial charge in [0.25, 0.3) is 5.91 Å². The minimum Gasteiger partial charge on any atom is -0.375 e. The lowest BCUT2D eigenvalue weighted by molar-refractivity contribution is -0.121. The molecule has 166 valence electrons. The number of benzene rings is 1. The van der Waals surface area contributed by atoms with Gasteiger partial charge in [0.15, 0.2) is 0 Å². The number of amides is 2. The van der Waals surface area contributed by atoms with Crippen LogP contribution in [0.5, 0.6) is 0 Å². The van der Waals surface area contributed by atoms with Crippen LogP contribution in [-0.4, -0.2) is 56.0 Å². The third kappa shape index (κ3) is 8.41. The van der Waals surface area contributed by atoms with Gasteiger partial charge in [0, 0.05) is 56.9 Å². The Morgan fingerprint density at radius 1 is 1.21 bits per heavy atom. The van der Waals surface area contributed by atoms with Gasteiger partial charge < -0.3 is 20.9 Å². The molecule has 0 radical (unpaired) electrons. The maximum atomic E-state index is 13.0. The SMILES string of the molecule is CCCCN(C)c1ccc(C(=O)N2CCCCC2CNC(=O)CCN)cc1.Cl.Cl. The van der Waals surface area contributed by atoms with Gasteiger partial charge in [-0.05, 0) is 49.9 Å². The molecular weight excluding hydrogens is 411 g/mol. The molecule has 2 amide bonds. The molecule has 1 aromatic rings. The third-order valence-corrected chi connectivity index (χ3v) is 5.20. The summed E-state index contributed by atoms with van der Waals surface area (Å²) >= 11 is 0. The number of nitrogens with two attached hydrogens (primary N) is 1. The van der Waals surface area contributed by atoms with E-state index in [1.54, 1.807) is 0 Å². The average Bonchev–Trinajstić information content (AvgIpc) is 2.70. The van der Waals surface area contributed by atoms with Crippen LogP contribution in [0.25, 0.3) is 0 Å². The van der Waals surface area contributed by atoms with Crippen LogP contribution in [0.1, 0.15) is 55.8 Å². The zero-order valence-corrected chi connectivity index (χ0v) is 19.2. The lowest BCUT2D eigenvalue weighted by atomic mass is 10.0. The van der Waals surface area contributed by atoms with Crippen LogP contribution in [0.3, 0.4) is 0 Å². The van der Waals surface area contributed by atoms with E-state index in [-0.39, 0.29) is 42.7 Å². The second-order valence-electron chi connectivity index (χ2n) is 7.31. The Hall–Kier alpha value is -1.50. The number of carbonyl (C=O) groups excluding carboxylic acids is 2. The van der Waals surface area contributed by atoms with Crippen molar-refractivity contribution < 1.29 is 9.59 Å². The van der Waals surface area contributed by atoms with Gasteiger partial charge in [-0.15, -0.1) is 24.8 Å². The predicted molar refractivity (Wildman–Crippen MR) is 124 cm³/mol. The minimum atomic E-state index is -0.0464. The normalized spacial score (nSPS) is 15.7. The summed E-state index contributed by atoms with van der Waals surface area (Å²) in [5.41, 5.74) is 7.26. The quantitative estimate of drug-likeness (QED) is 0.609. The van der Waals surface area contributed by atoms with Crippen LogP contribution in [0.4, 0.5) is 5.69 Å². The lowest BCUT2D eigenvalue weighted by Gasteiger charge is -2.36. The fraction of sp³-hybridized carbons (Fsp3) is 0.619. The highest BCUT2D eigenvalue weighted by molar-refractivity contribution is 5.95. The summed E-state index contributed by atoms with van der Waals surface area (Å²) in [4.78, 5) is 28.9. The maximum absolute atomic E-state index is 13.0. The zero-order valence-electron chi connectivity index (χ0n) is 17.6. The summed E-state index contributed by atoms with van der Waals surface area (Å²) < 4.78 is 0. The van der Waals surface area contributed by atoms with Gasteiger partial charge in [-0.3, -0.25) is 9.59 Å². The number of piperidine rings is 1. The van der Waals surface area contributed by atoms with Crippen molar-refractivity contribution in [3.63, 3.8) is 0 Å². The molecule has 6 nitrogen and oxygen atoms in total. The van der Waals surface area contributed by atoms with Crippen LogP contribution in [0.2, 0.25) is 0 Å². The number of unbranched alkanes of at least 4 members (excludes halogenated alkanes) is 1. The van der Waals surface area contributed by atoms with E-state index in [0.717, 1.165) is 44.5 Å². The molecule has 0 aliphatic carbocycles. The number of halogens is 2. The van der Waals surface area contributed by atoms with Crippen molar-refractivity contribution in [2.45, 2.75) is 51.5 Å². The van der Waals surface area contributed by atoms with Crippen LogP contribution < -0.4 is 16.0 Å². The van der Waals surface area contributed by atoms with Gasteiger partial charge in [-0.25, -0.2) is 0 Å². The molecule has 0 saturated carbocycles. The second-order valence-corrected chi connectivity index (χ2v) is 7.31. The highest BCUT2D eigenvalue weighted by Crippen LogP contribution is 2.21. The van der Waals surface area contributed by atoms with Gasteiger partial charge in [0.1, 0.15) is 0 Å². The maximum Gasteiger partial charge on any atom is 0.254 e. The van der Waals surface area contributed by atoms with Crippen molar-refractivity contribution >= 4 is 42.3 Å². The highest BCUT2D eigenvalue weighted by atomic mass is 35.5. The first kappa shape index (κ1) is 27.5. The first-order valence-electron chi connectivity index (χ1n) is 10.2. The zero-order chi connectivity index (χ0) is 19.6. The molecule has 1 unspecified atom stereocenters. The average molecular weight is 447 g/mol. The van der Waals surface area contributed by atoms with E-state index in [0.29, 0.717) is 25.1 Å². The summed E-state index contributed by atoms with van der Waals surface area (Å²) in [6, 6.07) is 7.92. The molecule has 1 saturated heterocycles. The van der Waals surface area contributed by atoms with E-state index < -0.39 is 0 Å². The largest absolute Gasteiger partial charge is 0.375 e. The number of hydrogen-bond acceptors (Lipinski definition) is 4. The lowest BCUT2D eigenvalue weighted by Crippen LogP contribution is -2.49. The van der Waals surface area contributed by atoms with E-state index in [1.165, 1.54) is 6.42 Å². The number of nitrogens with one attached hydrogen (secondary N) is 1. The van der Waals surface area contributed by atoms with Crippen LogP contribution in [0.15, 0.2) is 24.3 Å². The number of anilines is 1. The van der Waals surface area contributed by atoms with Gasteiger partial charge in [0.2, 0.25) is 5.91 Å². The third-order valence-electron chi connectivity index (χ3n) is 5.20. The molecule has 29 heavy (non-hydrogen) atoms. The minimum absolute atomic E-state index is 0. The summed E-state index contributed by atoms with van der Waals surface area (Å²) in [6.07, 6.45) is 5.67. The van der Waals surface area contributed by atoms with Gasteiger partial charge >= 0.3 is 0 Å². The van der Waals surface area contributed by atoms with Gasteiger partial charge in [-0.1, -0.05) is 13.3 Å². The van der Waals surface area contributed by atoms with Crippen molar-refractivity contribution in [3.05, 3.63) is 29.8 Å². The van der Waals surface area contributed by atoms with E-state index in [2.05, 4.69) is 24.2 Å². The number of likely N-dealkylation sites (tertiary alicyclic amines) is 1. The number of rotatable bonds is 9.